The van der Waals surface area contributed by atoms with Gasteiger partial charge in [0.1, 0.15) is 6.04 Å². The first kappa shape index (κ1) is 22.0. The molecule has 1 atom stereocenters. The van der Waals surface area contributed by atoms with Gasteiger partial charge in [-0.25, -0.2) is 0 Å². The highest BCUT2D eigenvalue weighted by molar-refractivity contribution is 6.30. The van der Waals surface area contributed by atoms with Crippen LogP contribution in [-0.4, -0.2) is 29.3 Å². The second-order valence-electron chi connectivity index (χ2n) is 7.35. The van der Waals surface area contributed by atoms with Crippen LogP contribution in [0.5, 0.6) is 0 Å². The molecule has 0 aliphatic carbocycles. The quantitative estimate of drug-likeness (QED) is 0.675. The highest BCUT2D eigenvalue weighted by atomic mass is 35.5. The number of nitrogens with one attached hydrogen (secondary N) is 1. The largest absolute Gasteiger partial charge is 0.354 e. The summed E-state index contributed by atoms with van der Waals surface area (Å²) in [7, 11) is 0. The van der Waals surface area contributed by atoms with Gasteiger partial charge in [-0.05, 0) is 29.2 Å². The van der Waals surface area contributed by atoms with Crippen molar-refractivity contribution >= 4 is 23.4 Å². The second-order valence-corrected chi connectivity index (χ2v) is 7.78. The molecule has 5 heteroatoms. The monoisotopic (exact) mass is 400 g/mol. The van der Waals surface area contributed by atoms with Crippen molar-refractivity contribution in [2.45, 2.75) is 46.2 Å². The molecule has 0 unspecified atom stereocenters. The van der Waals surface area contributed by atoms with E-state index in [0.717, 1.165) is 11.1 Å². The third-order valence-electron chi connectivity index (χ3n) is 4.52. The average molecular weight is 401 g/mol. The summed E-state index contributed by atoms with van der Waals surface area (Å²) < 4.78 is 0. The summed E-state index contributed by atoms with van der Waals surface area (Å²) in [6.07, 6.45) is 0.820. The van der Waals surface area contributed by atoms with Crippen LogP contribution in [0.3, 0.4) is 0 Å². The molecule has 4 nitrogen and oxygen atoms in total. The van der Waals surface area contributed by atoms with E-state index in [0.29, 0.717) is 36.9 Å². The van der Waals surface area contributed by atoms with Crippen molar-refractivity contribution in [1.82, 2.24) is 10.2 Å². The van der Waals surface area contributed by atoms with Gasteiger partial charge in [-0.3, -0.25) is 9.59 Å². The molecule has 2 amide bonds. The third-order valence-corrected chi connectivity index (χ3v) is 4.78. The summed E-state index contributed by atoms with van der Waals surface area (Å²) in [5, 5.41) is 3.65. The van der Waals surface area contributed by atoms with Gasteiger partial charge in [-0.1, -0.05) is 74.8 Å². The first-order valence-corrected chi connectivity index (χ1v) is 10.1. The summed E-state index contributed by atoms with van der Waals surface area (Å²) in [6, 6.07) is 16.6. The molecule has 150 valence electrons. The highest BCUT2D eigenvalue weighted by Crippen LogP contribution is 2.17. The van der Waals surface area contributed by atoms with E-state index in [2.05, 4.69) is 19.2 Å². The third kappa shape index (κ3) is 6.68. The maximum Gasteiger partial charge on any atom is 0.243 e. The SMILES string of the molecule is CCC(=O)N(Cc1ccc(Cl)cc1)[C@@H](Cc1ccccc1)C(=O)NCC(C)C. The molecular formula is C23H29ClN2O2. The standard InChI is InChI=1S/C23H29ClN2O2/c1-4-22(27)26(16-19-10-12-20(24)13-11-19)21(23(28)25-15-17(2)3)14-18-8-6-5-7-9-18/h5-13,17,21H,4,14-16H2,1-3H3,(H,25,28)/t21-/m0/s1. The smallest absolute Gasteiger partial charge is 0.243 e. The predicted molar refractivity (Wildman–Crippen MR) is 114 cm³/mol. The van der Waals surface area contributed by atoms with E-state index in [1.165, 1.54) is 0 Å². The average Bonchev–Trinajstić information content (AvgIpc) is 2.70. The lowest BCUT2D eigenvalue weighted by Crippen LogP contribution is -2.50. The lowest BCUT2D eigenvalue weighted by atomic mass is 10.0. The van der Waals surface area contributed by atoms with Crippen LogP contribution >= 0.6 is 11.6 Å². The first-order chi connectivity index (χ1) is 13.4. The van der Waals surface area contributed by atoms with Gasteiger partial charge < -0.3 is 10.2 Å². The predicted octanol–water partition coefficient (Wildman–Crippen LogP) is 4.46. The number of amides is 2. The van der Waals surface area contributed by atoms with E-state index in [9.17, 15) is 9.59 Å². The van der Waals surface area contributed by atoms with Crippen LogP contribution in [0, 0.1) is 5.92 Å². The van der Waals surface area contributed by atoms with Crippen LogP contribution in [0.2, 0.25) is 5.02 Å². The van der Waals surface area contributed by atoms with Gasteiger partial charge in [-0.2, -0.15) is 0 Å². The van der Waals surface area contributed by atoms with Crippen LogP contribution in [0.4, 0.5) is 0 Å². The van der Waals surface area contributed by atoms with Crippen molar-refractivity contribution in [2.24, 2.45) is 5.92 Å². The zero-order valence-corrected chi connectivity index (χ0v) is 17.6. The molecule has 0 spiro atoms. The Morgan fingerprint density at radius 3 is 2.21 bits per heavy atom. The van der Waals surface area contributed by atoms with Crippen molar-refractivity contribution in [3.05, 3.63) is 70.7 Å². The van der Waals surface area contributed by atoms with Crippen LogP contribution in [0.1, 0.15) is 38.3 Å². The van der Waals surface area contributed by atoms with E-state index in [-0.39, 0.29) is 11.8 Å². The summed E-state index contributed by atoms with van der Waals surface area (Å²) in [5.74, 6) is 0.178. The Morgan fingerprint density at radius 1 is 1.00 bits per heavy atom. The molecule has 0 saturated carbocycles. The van der Waals surface area contributed by atoms with Gasteiger partial charge in [0.25, 0.3) is 0 Å². The van der Waals surface area contributed by atoms with E-state index < -0.39 is 6.04 Å². The number of carbonyl (C=O) groups is 2. The minimum Gasteiger partial charge on any atom is -0.354 e. The number of nitrogens with zero attached hydrogens (tertiary/aromatic N) is 1. The molecule has 1 N–H and O–H groups in total. The molecule has 0 bridgehead atoms. The number of benzene rings is 2. The Balaban J connectivity index is 2.31. The summed E-state index contributed by atoms with van der Waals surface area (Å²) >= 11 is 5.98. The van der Waals surface area contributed by atoms with Crippen molar-refractivity contribution in [1.29, 1.82) is 0 Å². The lowest BCUT2D eigenvalue weighted by Gasteiger charge is -2.31. The molecule has 0 aromatic heterocycles. The van der Waals surface area contributed by atoms with Gasteiger partial charge in [-0.15, -0.1) is 0 Å². The van der Waals surface area contributed by atoms with Crippen LogP contribution in [0.25, 0.3) is 0 Å². The molecule has 2 aromatic carbocycles. The normalized spacial score (nSPS) is 11.9. The highest BCUT2D eigenvalue weighted by Gasteiger charge is 2.29. The molecule has 0 aliphatic rings. The maximum absolute atomic E-state index is 13.0. The van der Waals surface area contributed by atoms with Gasteiger partial charge in [0.2, 0.25) is 11.8 Å². The fraction of sp³-hybridized carbons (Fsp3) is 0.391. The Labute approximate surface area is 172 Å². The Bertz CT molecular complexity index is 760. The number of rotatable bonds is 9. The maximum atomic E-state index is 13.0. The molecule has 0 radical (unpaired) electrons. The van der Waals surface area contributed by atoms with Gasteiger partial charge in [0.05, 0.1) is 0 Å². The fourth-order valence-corrected chi connectivity index (χ4v) is 3.09. The van der Waals surface area contributed by atoms with Crippen molar-refractivity contribution in [3.63, 3.8) is 0 Å². The van der Waals surface area contributed by atoms with E-state index in [4.69, 9.17) is 11.6 Å². The van der Waals surface area contributed by atoms with E-state index >= 15 is 0 Å². The Hall–Kier alpha value is -2.33. The molecule has 0 saturated heterocycles. The number of hydrogen-bond acceptors (Lipinski definition) is 2. The fourth-order valence-electron chi connectivity index (χ4n) is 2.97. The van der Waals surface area contributed by atoms with Crippen molar-refractivity contribution in [3.8, 4) is 0 Å². The lowest BCUT2D eigenvalue weighted by molar-refractivity contribution is -0.141. The second kappa shape index (κ2) is 10.9. The number of hydrogen-bond donors (Lipinski definition) is 1. The minimum atomic E-state index is -0.565. The summed E-state index contributed by atoms with van der Waals surface area (Å²) in [6.45, 7) is 6.88. The van der Waals surface area contributed by atoms with E-state index in [1.807, 2.05) is 49.4 Å². The van der Waals surface area contributed by atoms with Gasteiger partial charge >= 0.3 is 0 Å². The number of carbonyl (C=O) groups excluding carboxylic acids is 2. The molecule has 28 heavy (non-hydrogen) atoms. The van der Waals surface area contributed by atoms with Crippen molar-refractivity contribution in [2.75, 3.05) is 6.54 Å². The molecule has 2 aromatic rings. The molecule has 0 heterocycles. The molecule has 0 aliphatic heterocycles. The first-order valence-electron chi connectivity index (χ1n) is 9.76. The molecular weight excluding hydrogens is 372 g/mol. The Kier molecular flexibility index (Phi) is 8.52. The van der Waals surface area contributed by atoms with Gasteiger partial charge in [0.15, 0.2) is 0 Å². The Morgan fingerprint density at radius 2 is 1.64 bits per heavy atom. The summed E-state index contributed by atoms with van der Waals surface area (Å²) in [5.41, 5.74) is 1.97. The zero-order valence-electron chi connectivity index (χ0n) is 16.8. The zero-order chi connectivity index (χ0) is 20.5. The van der Waals surface area contributed by atoms with Crippen LogP contribution in [-0.2, 0) is 22.6 Å². The van der Waals surface area contributed by atoms with Crippen LogP contribution in [0.15, 0.2) is 54.6 Å². The van der Waals surface area contributed by atoms with E-state index in [1.54, 1.807) is 17.0 Å². The molecule has 2 rings (SSSR count). The minimum absolute atomic E-state index is 0.0458. The summed E-state index contributed by atoms with van der Waals surface area (Å²) in [4.78, 5) is 27.5. The number of halogens is 1. The van der Waals surface area contributed by atoms with Crippen molar-refractivity contribution < 1.29 is 9.59 Å². The topological polar surface area (TPSA) is 49.4 Å². The molecule has 0 fully saturated rings. The van der Waals surface area contributed by atoms with Gasteiger partial charge in [0, 0.05) is 31.0 Å². The van der Waals surface area contributed by atoms with Crippen LogP contribution < -0.4 is 5.32 Å².